The van der Waals surface area contributed by atoms with Crippen LogP contribution in [-0.2, 0) is 9.59 Å². The van der Waals surface area contributed by atoms with Crippen molar-refractivity contribution < 1.29 is 18.8 Å². The van der Waals surface area contributed by atoms with Crippen LogP contribution in [0.4, 0.5) is 0 Å². The van der Waals surface area contributed by atoms with E-state index in [-0.39, 0.29) is 29.4 Å². The highest BCUT2D eigenvalue weighted by atomic mass is 16.3. The van der Waals surface area contributed by atoms with Crippen LogP contribution in [0, 0.1) is 5.92 Å². The maximum atomic E-state index is 13.1. The molecule has 1 aromatic heterocycles. The summed E-state index contributed by atoms with van der Waals surface area (Å²) in [4.78, 5) is 43.6. The smallest absolute Gasteiger partial charge is 0.287 e. The largest absolute Gasteiger partial charge is 0.459 e. The number of rotatable bonds is 8. The topological polar surface area (TPSA) is 86.1 Å². The molecule has 162 valence electrons. The zero-order valence-corrected chi connectivity index (χ0v) is 18.0. The number of furan rings is 1. The molecule has 1 N–H and O–H groups in total. The van der Waals surface area contributed by atoms with Gasteiger partial charge in [-0.2, -0.15) is 0 Å². The molecule has 1 aromatic rings. The molecule has 8 nitrogen and oxygen atoms in total. The van der Waals surface area contributed by atoms with E-state index in [9.17, 15) is 14.4 Å². The summed E-state index contributed by atoms with van der Waals surface area (Å²) in [5.74, 6) is -0.203. The van der Waals surface area contributed by atoms with Crippen LogP contribution in [0.3, 0.4) is 0 Å². The van der Waals surface area contributed by atoms with Crippen LogP contribution in [0.25, 0.3) is 0 Å². The minimum Gasteiger partial charge on any atom is -0.459 e. The second-order valence-corrected chi connectivity index (χ2v) is 7.69. The molecular weight excluding hydrogens is 372 g/mol. The monoisotopic (exact) mass is 406 g/mol. The maximum Gasteiger partial charge on any atom is 0.287 e. The Morgan fingerprint density at radius 3 is 2.45 bits per heavy atom. The highest BCUT2D eigenvalue weighted by molar-refractivity contribution is 5.95. The van der Waals surface area contributed by atoms with E-state index in [2.05, 4.69) is 10.2 Å². The van der Waals surface area contributed by atoms with E-state index in [0.717, 1.165) is 13.0 Å². The van der Waals surface area contributed by atoms with E-state index < -0.39 is 6.04 Å². The van der Waals surface area contributed by atoms with Gasteiger partial charge < -0.3 is 19.5 Å². The van der Waals surface area contributed by atoms with E-state index in [1.807, 2.05) is 32.6 Å². The molecule has 3 amide bonds. The molecule has 0 spiro atoms. The van der Waals surface area contributed by atoms with Gasteiger partial charge in [0.2, 0.25) is 11.8 Å². The average molecular weight is 407 g/mol. The summed E-state index contributed by atoms with van der Waals surface area (Å²) in [7, 11) is 0. The van der Waals surface area contributed by atoms with Crippen molar-refractivity contribution in [2.45, 2.75) is 40.2 Å². The van der Waals surface area contributed by atoms with Crippen LogP contribution < -0.4 is 5.32 Å². The molecule has 0 radical (unpaired) electrons. The molecule has 0 aromatic carbocycles. The van der Waals surface area contributed by atoms with Gasteiger partial charge in [0.15, 0.2) is 5.76 Å². The van der Waals surface area contributed by atoms with Gasteiger partial charge in [-0.25, -0.2) is 0 Å². The van der Waals surface area contributed by atoms with E-state index >= 15 is 0 Å². The minimum atomic E-state index is -0.614. The molecule has 0 aliphatic carbocycles. The molecule has 1 aliphatic heterocycles. The van der Waals surface area contributed by atoms with Crippen LogP contribution in [0.1, 0.15) is 44.7 Å². The fourth-order valence-electron chi connectivity index (χ4n) is 3.55. The molecule has 29 heavy (non-hydrogen) atoms. The quantitative estimate of drug-likeness (QED) is 0.706. The number of hydrogen-bond acceptors (Lipinski definition) is 5. The van der Waals surface area contributed by atoms with Crippen molar-refractivity contribution in [3.05, 3.63) is 24.2 Å². The third-order valence-corrected chi connectivity index (χ3v) is 5.34. The lowest BCUT2D eigenvalue weighted by atomic mass is 10.0. The van der Waals surface area contributed by atoms with Crippen molar-refractivity contribution in [2.24, 2.45) is 5.92 Å². The first-order valence-corrected chi connectivity index (χ1v) is 10.5. The van der Waals surface area contributed by atoms with E-state index in [1.54, 1.807) is 17.0 Å². The number of carbonyl (C=O) groups is 3. The third-order valence-electron chi connectivity index (χ3n) is 5.34. The second-order valence-electron chi connectivity index (χ2n) is 7.69. The normalized spacial score (nSPS) is 16.4. The first kappa shape index (κ1) is 22.9. The molecule has 1 atom stereocenters. The molecule has 1 unspecified atom stereocenters. The summed E-state index contributed by atoms with van der Waals surface area (Å²) >= 11 is 0. The van der Waals surface area contributed by atoms with Gasteiger partial charge in [0.05, 0.1) is 12.8 Å². The van der Waals surface area contributed by atoms with Gasteiger partial charge in [0.25, 0.3) is 5.91 Å². The third kappa shape index (κ3) is 6.32. The predicted octanol–water partition coefficient (Wildman–Crippen LogP) is 1.44. The summed E-state index contributed by atoms with van der Waals surface area (Å²) in [5.41, 5.74) is 0. The van der Waals surface area contributed by atoms with Gasteiger partial charge in [-0.15, -0.1) is 0 Å². The van der Waals surface area contributed by atoms with Crippen LogP contribution in [0.15, 0.2) is 22.8 Å². The SMILES string of the molecule is CCN(CC)C(=O)CN1CCCN(C(=O)C(NC(=O)c2ccco2)C(C)C)CC1. The number of amides is 3. The first-order chi connectivity index (χ1) is 13.9. The highest BCUT2D eigenvalue weighted by Crippen LogP contribution is 2.12. The van der Waals surface area contributed by atoms with Gasteiger partial charge in [0, 0.05) is 39.3 Å². The molecular formula is C21H34N4O4. The average Bonchev–Trinajstić information content (AvgIpc) is 3.13. The Morgan fingerprint density at radius 2 is 1.86 bits per heavy atom. The minimum absolute atomic E-state index is 0.0509. The molecule has 8 heteroatoms. The first-order valence-electron chi connectivity index (χ1n) is 10.5. The van der Waals surface area contributed by atoms with Gasteiger partial charge in [-0.05, 0) is 38.3 Å². The predicted molar refractivity (Wildman–Crippen MR) is 110 cm³/mol. The van der Waals surface area contributed by atoms with Crippen LogP contribution in [0.5, 0.6) is 0 Å². The zero-order chi connectivity index (χ0) is 21.4. The van der Waals surface area contributed by atoms with E-state index in [1.165, 1.54) is 6.26 Å². The number of likely N-dealkylation sites (N-methyl/N-ethyl adjacent to an activating group) is 1. The number of nitrogens with zero attached hydrogens (tertiary/aromatic N) is 3. The molecule has 1 aliphatic rings. The van der Waals surface area contributed by atoms with Gasteiger partial charge in [0.1, 0.15) is 6.04 Å². The van der Waals surface area contributed by atoms with Crippen molar-refractivity contribution in [3.8, 4) is 0 Å². The number of nitrogens with one attached hydrogen (secondary N) is 1. The summed E-state index contributed by atoms with van der Waals surface area (Å²) in [6.45, 7) is 12.2. The summed E-state index contributed by atoms with van der Waals surface area (Å²) in [6.07, 6.45) is 2.23. The van der Waals surface area contributed by atoms with E-state index in [0.29, 0.717) is 39.3 Å². The van der Waals surface area contributed by atoms with Crippen molar-refractivity contribution in [2.75, 3.05) is 45.8 Å². The zero-order valence-electron chi connectivity index (χ0n) is 18.0. The summed E-state index contributed by atoms with van der Waals surface area (Å²) in [5, 5.41) is 2.81. The standard InChI is InChI=1S/C21H34N4O4/c1-5-24(6-2)18(26)15-23-10-8-11-25(13-12-23)21(28)19(16(3)4)22-20(27)17-9-7-14-29-17/h7,9,14,16,19H,5-6,8,10-13,15H2,1-4H3,(H,22,27). The lowest BCUT2D eigenvalue weighted by Crippen LogP contribution is -2.52. The lowest BCUT2D eigenvalue weighted by Gasteiger charge is -2.29. The fourth-order valence-corrected chi connectivity index (χ4v) is 3.55. The molecule has 1 fully saturated rings. The van der Waals surface area contributed by atoms with Crippen molar-refractivity contribution in [1.29, 1.82) is 0 Å². The van der Waals surface area contributed by atoms with Crippen LogP contribution in [0.2, 0.25) is 0 Å². The van der Waals surface area contributed by atoms with Gasteiger partial charge >= 0.3 is 0 Å². The maximum absolute atomic E-state index is 13.1. The Kier molecular flexibility index (Phi) is 8.70. The molecule has 2 heterocycles. The second kappa shape index (κ2) is 11.0. The number of hydrogen-bond donors (Lipinski definition) is 1. The Labute approximate surface area is 173 Å². The Balaban J connectivity index is 1.95. The summed E-state index contributed by atoms with van der Waals surface area (Å²) < 4.78 is 5.13. The molecule has 1 saturated heterocycles. The van der Waals surface area contributed by atoms with Crippen LogP contribution >= 0.6 is 0 Å². The van der Waals surface area contributed by atoms with Gasteiger partial charge in [-0.3, -0.25) is 19.3 Å². The summed E-state index contributed by atoms with van der Waals surface area (Å²) in [6, 6.07) is 2.61. The van der Waals surface area contributed by atoms with Crippen molar-refractivity contribution in [1.82, 2.24) is 20.0 Å². The number of carbonyl (C=O) groups excluding carboxylic acids is 3. The van der Waals surface area contributed by atoms with Crippen molar-refractivity contribution in [3.63, 3.8) is 0 Å². The van der Waals surface area contributed by atoms with Crippen LogP contribution in [-0.4, -0.2) is 84.3 Å². The van der Waals surface area contributed by atoms with Gasteiger partial charge in [-0.1, -0.05) is 13.8 Å². The Morgan fingerprint density at radius 1 is 1.14 bits per heavy atom. The molecule has 0 bridgehead atoms. The molecule has 2 rings (SSSR count). The molecule has 0 saturated carbocycles. The Bertz CT molecular complexity index is 670. The highest BCUT2D eigenvalue weighted by Gasteiger charge is 2.31. The fraction of sp³-hybridized carbons (Fsp3) is 0.667. The van der Waals surface area contributed by atoms with E-state index in [4.69, 9.17) is 4.42 Å². The lowest BCUT2D eigenvalue weighted by molar-refractivity contribution is -0.134. The van der Waals surface area contributed by atoms with Crippen molar-refractivity contribution >= 4 is 17.7 Å². The Hall–Kier alpha value is -2.35.